The average Bonchev–Trinajstić information content (AvgIpc) is 2.29. The Hall–Kier alpha value is -2.10. The fraction of sp³-hybridized carbons (Fsp3) is 0.0833. The van der Waals surface area contributed by atoms with Crippen molar-refractivity contribution in [3.05, 3.63) is 59.4 Å². The molecule has 4 heteroatoms. The topological polar surface area (TPSA) is 42.9 Å². The quantitative estimate of drug-likeness (QED) is 0.722. The van der Waals surface area contributed by atoms with Crippen molar-refractivity contribution in [2.45, 2.75) is 6.92 Å². The molecule has 80 valence electrons. The molecular weight excluding hydrogens is 207 g/mol. The molecule has 0 saturated heterocycles. The predicted octanol–water partition coefficient (Wildman–Crippen LogP) is 2.16. The lowest BCUT2D eigenvalue weighted by Gasteiger charge is -2.04. The Morgan fingerprint density at radius 1 is 1.12 bits per heavy atom. The summed E-state index contributed by atoms with van der Waals surface area (Å²) in [5.74, 6) is -0.985. The highest BCUT2D eigenvalue weighted by Gasteiger charge is 2.15. The van der Waals surface area contributed by atoms with Crippen molar-refractivity contribution >= 4 is 5.78 Å². The number of aromatic nitrogens is 2. The van der Waals surface area contributed by atoms with Crippen LogP contribution in [0.4, 0.5) is 4.39 Å². The molecule has 0 bridgehead atoms. The van der Waals surface area contributed by atoms with Gasteiger partial charge in [0.05, 0.1) is 11.8 Å². The molecule has 0 saturated carbocycles. The predicted molar refractivity (Wildman–Crippen MR) is 56.6 cm³/mol. The summed E-state index contributed by atoms with van der Waals surface area (Å²) >= 11 is 0. The van der Waals surface area contributed by atoms with Gasteiger partial charge < -0.3 is 0 Å². The number of rotatable bonds is 2. The Morgan fingerprint density at radius 2 is 1.81 bits per heavy atom. The molecule has 0 atom stereocenters. The third-order valence-corrected chi connectivity index (χ3v) is 2.30. The third kappa shape index (κ3) is 1.82. The molecule has 2 heterocycles. The van der Waals surface area contributed by atoms with Crippen LogP contribution in [0, 0.1) is 12.7 Å². The molecule has 0 N–H and O–H groups in total. The fourth-order valence-electron chi connectivity index (χ4n) is 1.41. The molecule has 0 aromatic carbocycles. The van der Waals surface area contributed by atoms with Crippen LogP contribution in [0.25, 0.3) is 0 Å². The normalized spacial score (nSPS) is 10.1. The average molecular weight is 216 g/mol. The van der Waals surface area contributed by atoms with Crippen LogP contribution in [-0.2, 0) is 0 Å². The Morgan fingerprint density at radius 3 is 2.50 bits per heavy atom. The second-order valence-electron chi connectivity index (χ2n) is 3.38. The van der Waals surface area contributed by atoms with Crippen molar-refractivity contribution in [1.82, 2.24) is 9.97 Å². The number of pyridine rings is 2. The zero-order valence-corrected chi connectivity index (χ0v) is 8.64. The minimum atomic E-state index is -0.615. The Balaban J connectivity index is 2.48. The summed E-state index contributed by atoms with van der Waals surface area (Å²) in [6, 6.07) is 3.08. The highest BCUT2D eigenvalue weighted by atomic mass is 19.1. The van der Waals surface area contributed by atoms with Gasteiger partial charge in [-0.1, -0.05) is 0 Å². The molecule has 0 unspecified atom stereocenters. The summed E-state index contributed by atoms with van der Waals surface area (Å²) in [6.45, 7) is 1.79. The summed E-state index contributed by atoms with van der Waals surface area (Å²) in [5.41, 5.74) is 1.20. The van der Waals surface area contributed by atoms with E-state index in [1.807, 2.05) is 0 Å². The van der Waals surface area contributed by atoms with Gasteiger partial charge in [0.1, 0.15) is 0 Å². The molecule has 0 aliphatic rings. The second kappa shape index (κ2) is 4.18. The smallest absolute Gasteiger partial charge is 0.197 e. The fourth-order valence-corrected chi connectivity index (χ4v) is 1.41. The van der Waals surface area contributed by atoms with Crippen LogP contribution in [-0.4, -0.2) is 15.8 Å². The zero-order valence-electron chi connectivity index (χ0n) is 8.64. The van der Waals surface area contributed by atoms with Gasteiger partial charge in [0.2, 0.25) is 0 Å². The van der Waals surface area contributed by atoms with E-state index in [1.165, 1.54) is 18.5 Å². The maximum absolute atomic E-state index is 13.4. The van der Waals surface area contributed by atoms with Crippen LogP contribution in [0.15, 0.2) is 36.9 Å². The van der Waals surface area contributed by atoms with Crippen LogP contribution >= 0.6 is 0 Å². The van der Waals surface area contributed by atoms with Gasteiger partial charge in [-0.25, -0.2) is 4.39 Å². The lowest BCUT2D eigenvalue weighted by molar-refractivity contribution is 0.103. The molecule has 2 rings (SSSR count). The third-order valence-electron chi connectivity index (χ3n) is 2.30. The number of halogens is 1. The maximum Gasteiger partial charge on any atom is 0.197 e. The standard InChI is InChI=1S/C12H9FN2O/c1-8-2-4-14-6-10(8)12(16)9-3-5-15-7-11(9)13/h2-7H,1H3. The lowest BCUT2D eigenvalue weighted by atomic mass is 10.0. The molecular formula is C12H9FN2O. The molecule has 0 fully saturated rings. The number of nitrogens with zero attached hydrogens (tertiary/aromatic N) is 2. The number of ketones is 1. The molecule has 0 aliphatic heterocycles. The number of carbonyl (C=O) groups excluding carboxylic acids is 1. The van der Waals surface area contributed by atoms with Gasteiger partial charge in [-0.2, -0.15) is 0 Å². The van der Waals surface area contributed by atoms with Crippen molar-refractivity contribution in [3.8, 4) is 0 Å². The van der Waals surface area contributed by atoms with Crippen molar-refractivity contribution in [2.24, 2.45) is 0 Å². The summed E-state index contributed by atoms with van der Waals surface area (Å²) in [7, 11) is 0. The Bertz CT molecular complexity index is 493. The second-order valence-corrected chi connectivity index (χ2v) is 3.38. The van der Waals surface area contributed by atoms with E-state index in [9.17, 15) is 9.18 Å². The van der Waals surface area contributed by atoms with E-state index in [4.69, 9.17) is 0 Å². The Labute approximate surface area is 92.0 Å². The molecule has 3 nitrogen and oxygen atoms in total. The molecule has 0 radical (unpaired) electrons. The Kier molecular flexibility index (Phi) is 2.72. The van der Waals surface area contributed by atoms with Gasteiger partial charge in [0.15, 0.2) is 11.6 Å². The van der Waals surface area contributed by atoms with E-state index in [0.717, 1.165) is 11.8 Å². The van der Waals surface area contributed by atoms with Crippen LogP contribution in [0.1, 0.15) is 21.5 Å². The molecule has 0 amide bonds. The maximum atomic E-state index is 13.4. The van der Waals surface area contributed by atoms with Gasteiger partial charge in [0.25, 0.3) is 0 Å². The minimum Gasteiger partial charge on any atom is -0.288 e. The van der Waals surface area contributed by atoms with Crippen LogP contribution < -0.4 is 0 Å². The number of hydrogen-bond acceptors (Lipinski definition) is 3. The van der Waals surface area contributed by atoms with E-state index in [-0.39, 0.29) is 11.3 Å². The SMILES string of the molecule is Cc1ccncc1C(=O)c1ccncc1F. The number of carbonyl (C=O) groups is 1. The first-order valence-corrected chi connectivity index (χ1v) is 4.75. The van der Waals surface area contributed by atoms with Crippen molar-refractivity contribution in [3.63, 3.8) is 0 Å². The molecule has 2 aromatic heterocycles. The van der Waals surface area contributed by atoms with Crippen LogP contribution in [0.3, 0.4) is 0 Å². The first-order chi connectivity index (χ1) is 7.70. The van der Waals surface area contributed by atoms with Crippen molar-refractivity contribution in [1.29, 1.82) is 0 Å². The van der Waals surface area contributed by atoms with E-state index >= 15 is 0 Å². The first kappa shape index (κ1) is 10.4. The summed E-state index contributed by atoms with van der Waals surface area (Å²) in [6.07, 6.45) is 5.45. The van der Waals surface area contributed by atoms with Gasteiger partial charge in [0, 0.05) is 24.2 Å². The molecule has 0 spiro atoms. The highest BCUT2D eigenvalue weighted by Crippen LogP contribution is 2.14. The van der Waals surface area contributed by atoms with E-state index < -0.39 is 5.82 Å². The summed E-state index contributed by atoms with van der Waals surface area (Å²) in [5, 5.41) is 0. The zero-order chi connectivity index (χ0) is 11.5. The van der Waals surface area contributed by atoms with Gasteiger partial charge in [-0.05, 0) is 24.6 Å². The lowest BCUT2D eigenvalue weighted by Crippen LogP contribution is -2.06. The minimum absolute atomic E-state index is 0.0195. The number of hydrogen-bond donors (Lipinski definition) is 0. The van der Waals surface area contributed by atoms with Crippen molar-refractivity contribution in [2.75, 3.05) is 0 Å². The van der Waals surface area contributed by atoms with E-state index in [2.05, 4.69) is 9.97 Å². The van der Waals surface area contributed by atoms with Crippen LogP contribution in [0.2, 0.25) is 0 Å². The summed E-state index contributed by atoms with van der Waals surface area (Å²) in [4.78, 5) is 19.4. The highest BCUT2D eigenvalue weighted by molar-refractivity contribution is 6.09. The van der Waals surface area contributed by atoms with E-state index in [1.54, 1.807) is 19.2 Å². The molecule has 16 heavy (non-hydrogen) atoms. The monoisotopic (exact) mass is 216 g/mol. The van der Waals surface area contributed by atoms with Gasteiger partial charge >= 0.3 is 0 Å². The van der Waals surface area contributed by atoms with Crippen LogP contribution in [0.5, 0.6) is 0 Å². The first-order valence-electron chi connectivity index (χ1n) is 4.75. The van der Waals surface area contributed by atoms with Gasteiger partial charge in [-0.3, -0.25) is 14.8 Å². The molecule has 0 aliphatic carbocycles. The van der Waals surface area contributed by atoms with Gasteiger partial charge in [-0.15, -0.1) is 0 Å². The van der Waals surface area contributed by atoms with E-state index in [0.29, 0.717) is 5.56 Å². The van der Waals surface area contributed by atoms with Crippen molar-refractivity contribution < 1.29 is 9.18 Å². The molecule has 2 aromatic rings. The largest absolute Gasteiger partial charge is 0.288 e. The number of aryl methyl sites for hydroxylation is 1. The summed E-state index contributed by atoms with van der Waals surface area (Å²) < 4.78 is 13.4.